The van der Waals surface area contributed by atoms with Gasteiger partial charge in [-0.3, -0.25) is 14.5 Å². The van der Waals surface area contributed by atoms with Crippen LogP contribution in [-0.2, 0) is 18.9 Å². The first-order chi connectivity index (χ1) is 14.3. The number of aryl methyl sites for hydroxylation is 1. The standard InChI is InChI=1S/C21H18B2FN5O/c1-28-10-15-7-14(9-26-19(15)27-28)12-4-5-13(17(24)8-12)11-29-20(30)16-3-2-6-25-18(16)21(29,22)23/h2-10H,11,22-23H2,1H3. The second-order valence-electron chi connectivity index (χ2n) is 8.10. The summed E-state index contributed by atoms with van der Waals surface area (Å²) >= 11 is 0. The molecule has 0 N–H and O–H groups in total. The van der Waals surface area contributed by atoms with Crippen LogP contribution in [0.15, 0.2) is 55.0 Å². The number of hydrogen-bond acceptors (Lipinski definition) is 4. The first kappa shape index (κ1) is 18.5. The van der Waals surface area contributed by atoms with E-state index in [0.29, 0.717) is 16.8 Å². The highest BCUT2D eigenvalue weighted by atomic mass is 19.1. The summed E-state index contributed by atoms with van der Waals surface area (Å²) in [5.41, 5.74) is 3.96. The normalized spacial score (nSPS) is 15.0. The van der Waals surface area contributed by atoms with E-state index in [0.717, 1.165) is 22.2 Å². The van der Waals surface area contributed by atoms with E-state index < -0.39 is 5.34 Å². The van der Waals surface area contributed by atoms with Crippen LogP contribution in [0.2, 0.25) is 0 Å². The molecule has 4 heterocycles. The molecule has 1 amide bonds. The van der Waals surface area contributed by atoms with Crippen LogP contribution in [-0.4, -0.2) is 46.2 Å². The second-order valence-corrected chi connectivity index (χ2v) is 8.10. The summed E-state index contributed by atoms with van der Waals surface area (Å²) in [6.07, 6.45) is 5.25. The molecule has 146 valence electrons. The highest BCUT2D eigenvalue weighted by molar-refractivity contribution is 6.42. The molecule has 9 heteroatoms. The van der Waals surface area contributed by atoms with Gasteiger partial charge >= 0.3 is 0 Å². The number of hydrogen-bond donors (Lipinski definition) is 0. The van der Waals surface area contributed by atoms with E-state index in [1.165, 1.54) is 6.07 Å². The number of amides is 1. The summed E-state index contributed by atoms with van der Waals surface area (Å²) in [6.45, 7) is 0.175. The van der Waals surface area contributed by atoms with E-state index in [1.54, 1.807) is 40.2 Å². The summed E-state index contributed by atoms with van der Waals surface area (Å²) in [7, 11) is 5.71. The number of nitrogens with zero attached hydrogens (tertiary/aromatic N) is 5. The van der Waals surface area contributed by atoms with Crippen LogP contribution in [0.3, 0.4) is 0 Å². The zero-order valence-corrected chi connectivity index (χ0v) is 16.9. The number of fused-ring (bicyclic) bond motifs is 2. The Balaban J connectivity index is 1.46. The van der Waals surface area contributed by atoms with E-state index in [9.17, 15) is 4.79 Å². The molecule has 0 radical (unpaired) electrons. The van der Waals surface area contributed by atoms with Gasteiger partial charge in [-0.15, -0.1) is 0 Å². The van der Waals surface area contributed by atoms with Crippen molar-refractivity contribution in [3.63, 3.8) is 0 Å². The van der Waals surface area contributed by atoms with Crippen molar-refractivity contribution < 1.29 is 9.18 Å². The Labute approximate surface area is 174 Å². The fraction of sp³-hybridized carbons (Fsp3) is 0.143. The number of rotatable bonds is 3. The zero-order valence-electron chi connectivity index (χ0n) is 16.9. The Morgan fingerprint density at radius 3 is 2.73 bits per heavy atom. The molecule has 0 unspecified atom stereocenters. The first-order valence-corrected chi connectivity index (χ1v) is 9.70. The fourth-order valence-electron chi connectivity index (χ4n) is 4.08. The molecule has 30 heavy (non-hydrogen) atoms. The zero-order chi connectivity index (χ0) is 21.0. The van der Waals surface area contributed by atoms with Gasteiger partial charge in [0.05, 0.1) is 11.3 Å². The van der Waals surface area contributed by atoms with Crippen molar-refractivity contribution in [2.45, 2.75) is 11.9 Å². The van der Waals surface area contributed by atoms with E-state index in [2.05, 4.69) is 15.1 Å². The van der Waals surface area contributed by atoms with Gasteiger partial charge in [-0.2, -0.15) is 5.10 Å². The summed E-state index contributed by atoms with van der Waals surface area (Å²) in [5, 5.41) is 4.56. The highest BCUT2D eigenvalue weighted by Crippen LogP contribution is 2.35. The van der Waals surface area contributed by atoms with Gasteiger partial charge in [-0.25, -0.2) is 9.37 Å². The molecule has 0 fully saturated rings. The first-order valence-electron chi connectivity index (χ1n) is 9.70. The van der Waals surface area contributed by atoms with Gasteiger partial charge in [0.1, 0.15) is 21.5 Å². The molecule has 1 aliphatic rings. The van der Waals surface area contributed by atoms with Crippen LogP contribution in [0.4, 0.5) is 4.39 Å². The highest BCUT2D eigenvalue weighted by Gasteiger charge is 2.43. The lowest BCUT2D eigenvalue weighted by atomic mass is 9.59. The largest absolute Gasteiger partial charge is 0.339 e. The van der Waals surface area contributed by atoms with Gasteiger partial charge in [0.15, 0.2) is 5.65 Å². The van der Waals surface area contributed by atoms with Gasteiger partial charge in [0, 0.05) is 54.0 Å². The third kappa shape index (κ3) is 2.81. The monoisotopic (exact) mass is 397 g/mol. The Morgan fingerprint density at radius 2 is 1.97 bits per heavy atom. The minimum absolute atomic E-state index is 0.127. The maximum Gasteiger partial charge on any atom is 0.255 e. The molecule has 0 atom stereocenters. The lowest BCUT2D eigenvalue weighted by Crippen LogP contribution is -2.44. The van der Waals surface area contributed by atoms with Crippen molar-refractivity contribution >= 4 is 32.6 Å². The maximum absolute atomic E-state index is 15.0. The lowest BCUT2D eigenvalue weighted by Gasteiger charge is -2.32. The topological polar surface area (TPSA) is 63.9 Å². The average Bonchev–Trinajstić information content (AvgIpc) is 3.19. The summed E-state index contributed by atoms with van der Waals surface area (Å²) in [6, 6.07) is 10.5. The van der Waals surface area contributed by atoms with E-state index in [-0.39, 0.29) is 18.3 Å². The summed E-state index contributed by atoms with van der Waals surface area (Å²) in [4.78, 5) is 23.3. The van der Waals surface area contributed by atoms with Gasteiger partial charge in [-0.05, 0) is 29.8 Å². The van der Waals surface area contributed by atoms with Crippen LogP contribution < -0.4 is 0 Å². The van der Waals surface area contributed by atoms with Crippen LogP contribution in [0, 0.1) is 5.82 Å². The van der Waals surface area contributed by atoms with Gasteiger partial charge in [0.25, 0.3) is 5.91 Å². The van der Waals surface area contributed by atoms with Crippen LogP contribution >= 0.6 is 0 Å². The van der Waals surface area contributed by atoms with E-state index >= 15 is 4.39 Å². The fourth-order valence-corrected chi connectivity index (χ4v) is 4.08. The predicted octanol–water partition coefficient (Wildman–Crippen LogP) is 1.20. The molecule has 6 nitrogen and oxygen atoms in total. The Morgan fingerprint density at radius 1 is 1.13 bits per heavy atom. The number of halogens is 1. The SMILES string of the molecule is BC1(B)c2ncccc2C(=O)N1Cc1ccc(-c2cnc3nn(C)cc3c2)cc1F. The van der Waals surface area contributed by atoms with Crippen molar-refractivity contribution in [3.05, 3.63) is 77.6 Å². The molecular weight excluding hydrogens is 379 g/mol. The molecule has 3 aromatic heterocycles. The minimum Gasteiger partial charge on any atom is -0.339 e. The number of pyridine rings is 2. The molecule has 0 saturated heterocycles. The van der Waals surface area contributed by atoms with Gasteiger partial charge in [-0.1, -0.05) is 12.1 Å². The molecule has 0 saturated carbocycles. The van der Waals surface area contributed by atoms with Crippen molar-refractivity contribution in [2.24, 2.45) is 7.05 Å². The number of benzene rings is 1. The lowest BCUT2D eigenvalue weighted by molar-refractivity contribution is 0.0729. The third-order valence-electron chi connectivity index (χ3n) is 5.73. The van der Waals surface area contributed by atoms with Gasteiger partial charge < -0.3 is 4.90 Å². The van der Waals surface area contributed by atoms with Crippen molar-refractivity contribution in [1.82, 2.24) is 24.6 Å². The minimum atomic E-state index is -0.603. The smallest absolute Gasteiger partial charge is 0.255 e. The number of aromatic nitrogens is 4. The number of carbonyl (C=O) groups is 1. The van der Waals surface area contributed by atoms with Crippen LogP contribution in [0.25, 0.3) is 22.2 Å². The van der Waals surface area contributed by atoms with E-state index in [4.69, 9.17) is 0 Å². The maximum atomic E-state index is 15.0. The molecule has 4 aromatic rings. The van der Waals surface area contributed by atoms with Crippen LogP contribution in [0.1, 0.15) is 21.6 Å². The Hall–Kier alpha value is -3.48. The molecule has 1 aliphatic heterocycles. The molecule has 5 rings (SSSR count). The molecule has 0 aliphatic carbocycles. The van der Waals surface area contributed by atoms with Crippen LogP contribution in [0.5, 0.6) is 0 Å². The summed E-state index contributed by atoms with van der Waals surface area (Å²) < 4.78 is 16.7. The van der Waals surface area contributed by atoms with Gasteiger partial charge in [0.2, 0.25) is 0 Å². The predicted molar refractivity (Wildman–Crippen MR) is 117 cm³/mol. The molecule has 0 bridgehead atoms. The Kier molecular flexibility index (Phi) is 4.03. The van der Waals surface area contributed by atoms with Crippen molar-refractivity contribution in [1.29, 1.82) is 0 Å². The Bertz CT molecular complexity index is 1320. The quantitative estimate of drug-likeness (QED) is 0.488. The van der Waals surface area contributed by atoms with E-state index in [1.807, 2.05) is 41.1 Å². The second kappa shape index (κ2) is 6.52. The molecule has 0 spiro atoms. The number of carbonyl (C=O) groups excluding carboxylic acids is 1. The van der Waals surface area contributed by atoms with Crippen molar-refractivity contribution in [2.75, 3.05) is 0 Å². The third-order valence-corrected chi connectivity index (χ3v) is 5.73. The average molecular weight is 397 g/mol. The molecular formula is C21H18B2FN5O. The summed E-state index contributed by atoms with van der Waals surface area (Å²) in [5.74, 6) is -0.482. The molecule has 1 aromatic carbocycles. The van der Waals surface area contributed by atoms with Crippen molar-refractivity contribution in [3.8, 4) is 11.1 Å².